The summed E-state index contributed by atoms with van der Waals surface area (Å²) in [5.74, 6) is 0.939. The minimum Gasteiger partial charge on any atom is -0.368 e. The molecule has 1 heterocycles. The van der Waals surface area contributed by atoms with Crippen LogP contribution in [-0.4, -0.2) is 18.5 Å². The zero-order chi connectivity index (χ0) is 10.7. The molecule has 4 heteroatoms. The number of carbonyl (C=O) groups excluding carboxylic acids is 1. The van der Waals surface area contributed by atoms with E-state index >= 15 is 0 Å². The van der Waals surface area contributed by atoms with Gasteiger partial charge in [-0.25, -0.2) is 0 Å². The average molecular weight is 233 g/mol. The molecule has 88 valence electrons. The topological polar surface area (TPSA) is 55.1 Å². The highest BCUT2D eigenvalue weighted by atomic mass is 35.5. The number of nitrogens with two attached hydrogens (primary N) is 1. The van der Waals surface area contributed by atoms with Gasteiger partial charge in [-0.2, -0.15) is 0 Å². The molecule has 0 spiro atoms. The summed E-state index contributed by atoms with van der Waals surface area (Å²) in [4.78, 5) is 11.4. The lowest BCUT2D eigenvalue weighted by atomic mass is 9.78. The third kappa shape index (κ3) is 1.19. The van der Waals surface area contributed by atoms with Gasteiger partial charge in [0.05, 0.1) is 6.04 Å². The Kier molecular flexibility index (Phi) is 2.86. The quantitative estimate of drug-likeness (QED) is 0.751. The molecular formula is C11H21ClN2O. The van der Waals surface area contributed by atoms with E-state index in [4.69, 9.17) is 5.73 Å². The summed E-state index contributed by atoms with van der Waals surface area (Å²) in [5, 5.41) is 3.26. The van der Waals surface area contributed by atoms with Gasteiger partial charge in [0.25, 0.3) is 0 Å². The molecule has 3 atom stereocenters. The van der Waals surface area contributed by atoms with Crippen LogP contribution in [0.25, 0.3) is 0 Å². The van der Waals surface area contributed by atoms with E-state index in [9.17, 15) is 4.79 Å². The maximum Gasteiger partial charge on any atom is 0.235 e. The van der Waals surface area contributed by atoms with E-state index in [1.54, 1.807) is 0 Å². The van der Waals surface area contributed by atoms with E-state index in [0.29, 0.717) is 11.8 Å². The molecule has 15 heavy (non-hydrogen) atoms. The molecule has 1 aliphatic carbocycles. The fraction of sp³-hybridized carbons (Fsp3) is 0.909. The largest absolute Gasteiger partial charge is 0.368 e. The summed E-state index contributed by atoms with van der Waals surface area (Å²) in [5.41, 5.74) is 5.84. The number of nitrogens with one attached hydrogen (secondary N) is 1. The molecule has 0 aromatic heterocycles. The van der Waals surface area contributed by atoms with Crippen LogP contribution >= 0.6 is 12.4 Å². The molecule has 0 aromatic rings. The van der Waals surface area contributed by atoms with Gasteiger partial charge in [0.1, 0.15) is 0 Å². The van der Waals surface area contributed by atoms with Crippen LogP contribution in [0, 0.1) is 22.7 Å². The van der Waals surface area contributed by atoms with Gasteiger partial charge in [0.15, 0.2) is 0 Å². The van der Waals surface area contributed by atoms with E-state index in [1.807, 2.05) is 0 Å². The summed E-state index contributed by atoms with van der Waals surface area (Å²) >= 11 is 0. The van der Waals surface area contributed by atoms with Gasteiger partial charge in [-0.05, 0) is 23.8 Å². The molecule has 3 N–H and O–H groups in total. The van der Waals surface area contributed by atoms with E-state index in [2.05, 4.69) is 33.0 Å². The number of piperidine rings is 1. The van der Waals surface area contributed by atoms with Crippen molar-refractivity contribution in [1.82, 2.24) is 5.32 Å². The van der Waals surface area contributed by atoms with Crippen molar-refractivity contribution >= 4 is 18.3 Å². The van der Waals surface area contributed by atoms with Crippen LogP contribution in [0.5, 0.6) is 0 Å². The Morgan fingerprint density at radius 2 is 2.00 bits per heavy atom. The van der Waals surface area contributed by atoms with Crippen molar-refractivity contribution < 1.29 is 4.79 Å². The van der Waals surface area contributed by atoms with Crippen LogP contribution in [0.1, 0.15) is 27.7 Å². The molecule has 0 aromatic carbocycles. The molecule has 1 aliphatic heterocycles. The minimum absolute atomic E-state index is 0. The summed E-state index contributed by atoms with van der Waals surface area (Å²) in [6.45, 7) is 9.86. The molecule has 3 nitrogen and oxygen atoms in total. The van der Waals surface area contributed by atoms with Gasteiger partial charge in [-0.15, -0.1) is 12.4 Å². The Morgan fingerprint density at radius 3 is 2.27 bits per heavy atom. The molecule has 1 amide bonds. The van der Waals surface area contributed by atoms with Crippen molar-refractivity contribution in [3.63, 3.8) is 0 Å². The van der Waals surface area contributed by atoms with Gasteiger partial charge >= 0.3 is 0 Å². The van der Waals surface area contributed by atoms with Crippen molar-refractivity contribution in [2.75, 3.05) is 6.54 Å². The fourth-order valence-corrected chi connectivity index (χ4v) is 4.16. The van der Waals surface area contributed by atoms with Gasteiger partial charge in [-0.1, -0.05) is 27.7 Å². The number of fused-ring (bicyclic) bond motifs is 1. The highest BCUT2D eigenvalue weighted by Gasteiger charge is 2.78. The first-order valence-electron chi connectivity index (χ1n) is 5.39. The summed E-state index contributed by atoms with van der Waals surface area (Å²) in [6, 6.07) is -0.123. The number of primary amides is 1. The third-order valence-corrected chi connectivity index (χ3v) is 4.72. The second-order valence-corrected chi connectivity index (χ2v) is 5.61. The molecule has 2 fully saturated rings. The standard InChI is InChI=1S/C11H20N2O.ClH/c1-6(2)11-7(10(11,3)4)5-13-8(11)9(12)14;/h6-8,13H,5H2,1-4H3,(H2,12,14);1H. The molecule has 0 radical (unpaired) electrons. The number of hydrogen-bond acceptors (Lipinski definition) is 2. The van der Waals surface area contributed by atoms with Crippen LogP contribution in [0.3, 0.4) is 0 Å². The Morgan fingerprint density at radius 1 is 1.47 bits per heavy atom. The maximum atomic E-state index is 11.4. The lowest BCUT2D eigenvalue weighted by Crippen LogP contribution is -2.48. The van der Waals surface area contributed by atoms with Crippen LogP contribution in [-0.2, 0) is 4.79 Å². The fourth-order valence-electron chi connectivity index (χ4n) is 4.16. The van der Waals surface area contributed by atoms with Crippen LogP contribution < -0.4 is 11.1 Å². The predicted octanol–water partition coefficient (Wildman–Crippen LogP) is 1.16. The van der Waals surface area contributed by atoms with E-state index in [1.165, 1.54) is 0 Å². The Labute approximate surface area is 97.6 Å². The molecule has 3 unspecified atom stereocenters. The monoisotopic (exact) mass is 232 g/mol. The average Bonchev–Trinajstić information content (AvgIpc) is 2.44. The lowest BCUT2D eigenvalue weighted by molar-refractivity contribution is -0.122. The lowest BCUT2D eigenvalue weighted by Gasteiger charge is -2.30. The summed E-state index contributed by atoms with van der Waals surface area (Å²) in [6.07, 6.45) is 0. The van der Waals surface area contributed by atoms with Gasteiger partial charge in [0, 0.05) is 5.41 Å². The minimum atomic E-state index is -0.188. The third-order valence-electron chi connectivity index (χ3n) is 4.72. The van der Waals surface area contributed by atoms with Crippen molar-refractivity contribution in [1.29, 1.82) is 0 Å². The van der Waals surface area contributed by atoms with Crippen molar-refractivity contribution in [3.8, 4) is 0 Å². The number of carbonyl (C=O) groups is 1. The zero-order valence-electron chi connectivity index (χ0n) is 9.83. The van der Waals surface area contributed by atoms with Crippen molar-refractivity contribution in [3.05, 3.63) is 0 Å². The molecular weight excluding hydrogens is 212 g/mol. The molecule has 0 bridgehead atoms. The number of hydrogen-bond donors (Lipinski definition) is 2. The Bertz CT molecular complexity index is 290. The summed E-state index contributed by atoms with van der Waals surface area (Å²) in [7, 11) is 0. The number of halogens is 1. The molecule has 1 saturated heterocycles. The Balaban J connectivity index is 0.00000112. The molecule has 2 aliphatic rings. The highest BCUT2D eigenvalue weighted by molar-refractivity contribution is 5.85. The SMILES string of the molecule is CC(C)C12C(C(N)=O)NCC1C2(C)C.Cl. The zero-order valence-corrected chi connectivity index (χ0v) is 10.6. The molecule has 1 saturated carbocycles. The van der Waals surface area contributed by atoms with Gasteiger partial charge < -0.3 is 11.1 Å². The first kappa shape index (κ1) is 12.8. The van der Waals surface area contributed by atoms with Crippen LogP contribution in [0.15, 0.2) is 0 Å². The highest BCUT2D eigenvalue weighted by Crippen LogP contribution is 2.75. The summed E-state index contributed by atoms with van der Waals surface area (Å²) < 4.78 is 0. The van der Waals surface area contributed by atoms with Crippen LogP contribution in [0.2, 0.25) is 0 Å². The first-order valence-corrected chi connectivity index (χ1v) is 5.39. The second-order valence-electron chi connectivity index (χ2n) is 5.61. The number of amides is 1. The van der Waals surface area contributed by atoms with Gasteiger partial charge in [-0.3, -0.25) is 4.79 Å². The predicted molar refractivity (Wildman–Crippen MR) is 62.8 cm³/mol. The number of rotatable bonds is 2. The molecule has 2 rings (SSSR count). The van der Waals surface area contributed by atoms with Crippen molar-refractivity contribution in [2.24, 2.45) is 28.4 Å². The maximum absolute atomic E-state index is 11.4. The van der Waals surface area contributed by atoms with Gasteiger partial charge in [0.2, 0.25) is 5.91 Å². The normalized spacial score (nSPS) is 40.9. The first-order chi connectivity index (χ1) is 6.36. The Hall–Kier alpha value is -0.280. The van der Waals surface area contributed by atoms with E-state index < -0.39 is 0 Å². The van der Waals surface area contributed by atoms with E-state index in [0.717, 1.165) is 6.54 Å². The van der Waals surface area contributed by atoms with Crippen molar-refractivity contribution in [2.45, 2.75) is 33.7 Å². The van der Waals surface area contributed by atoms with Crippen LogP contribution in [0.4, 0.5) is 0 Å². The van der Waals surface area contributed by atoms with E-state index in [-0.39, 0.29) is 35.2 Å². The second kappa shape index (κ2) is 3.36. The smallest absolute Gasteiger partial charge is 0.235 e.